The van der Waals surface area contributed by atoms with E-state index < -0.39 is 6.10 Å². The van der Waals surface area contributed by atoms with Crippen LogP contribution < -0.4 is 0 Å². The summed E-state index contributed by atoms with van der Waals surface area (Å²) in [6.07, 6.45) is 95.1. The zero-order chi connectivity index (χ0) is 58.5. The number of esters is 3. The van der Waals surface area contributed by atoms with Gasteiger partial charge in [0.15, 0.2) is 6.10 Å². The van der Waals surface area contributed by atoms with Gasteiger partial charge in [0.1, 0.15) is 13.2 Å². The molecular formula is C75H126O6. The van der Waals surface area contributed by atoms with Crippen molar-refractivity contribution in [2.75, 3.05) is 13.2 Å². The molecule has 6 nitrogen and oxygen atoms in total. The van der Waals surface area contributed by atoms with Crippen LogP contribution in [0.1, 0.15) is 316 Å². The maximum atomic E-state index is 12.9. The Labute approximate surface area is 501 Å². The third-order valence-corrected chi connectivity index (χ3v) is 14.5. The second-order valence-electron chi connectivity index (χ2n) is 22.3. The summed E-state index contributed by atoms with van der Waals surface area (Å²) < 4.78 is 16.9. The van der Waals surface area contributed by atoms with E-state index in [4.69, 9.17) is 14.2 Å². The fourth-order valence-corrected chi connectivity index (χ4v) is 9.44. The van der Waals surface area contributed by atoms with Crippen molar-refractivity contribution in [2.45, 2.75) is 322 Å². The monoisotopic (exact) mass is 1120 g/mol. The van der Waals surface area contributed by atoms with Crippen LogP contribution in [0.25, 0.3) is 0 Å². The van der Waals surface area contributed by atoms with Crippen molar-refractivity contribution >= 4 is 17.9 Å². The average Bonchev–Trinajstić information content (AvgIpc) is 3.46. The Balaban J connectivity index is 4.18. The van der Waals surface area contributed by atoms with E-state index >= 15 is 0 Å². The molecule has 0 radical (unpaired) electrons. The first-order valence-corrected chi connectivity index (χ1v) is 34.0. The first-order chi connectivity index (χ1) is 40.0. The molecule has 462 valence electrons. The lowest BCUT2D eigenvalue weighted by Crippen LogP contribution is -2.30. The molecule has 0 rings (SSSR count). The number of carbonyl (C=O) groups is 3. The van der Waals surface area contributed by atoms with Crippen LogP contribution >= 0.6 is 0 Å². The second kappa shape index (κ2) is 68.3. The van der Waals surface area contributed by atoms with Crippen LogP contribution in [-0.2, 0) is 28.6 Å². The summed E-state index contributed by atoms with van der Waals surface area (Å²) >= 11 is 0. The largest absolute Gasteiger partial charge is 0.462 e. The highest BCUT2D eigenvalue weighted by atomic mass is 16.6. The topological polar surface area (TPSA) is 78.9 Å². The molecule has 0 aromatic rings. The van der Waals surface area contributed by atoms with Crippen molar-refractivity contribution < 1.29 is 28.6 Å². The van der Waals surface area contributed by atoms with E-state index in [0.29, 0.717) is 19.3 Å². The molecule has 0 saturated carbocycles. The van der Waals surface area contributed by atoms with E-state index in [2.05, 4.69) is 142 Å². The Morgan fingerprint density at radius 2 is 0.481 bits per heavy atom. The van der Waals surface area contributed by atoms with Gasteiger partial charge in [-0.1, -0.05) is 309 Å². The third-order valence-electron chi connectivity index (χ3n) is 14.5. The smallest absolute Gasteiger partial charge is 0.306 e. The van der Waals surface area contributed by atoms with Crippen molar-refractivity contribution in [3.63, 3.8) is 0 Å². The summed E-state index contributed by atoms with van der Waals surface area (Å²) in [5.74, 6) is -0.892. The molecule has 0 saturated heterocycles. The normalized spacial score (nSPS) is 12.9. The molecule has 0 fully saturated rings. The lowest BCUT2D eigenvalue weighted by molar-refractivity contribution is -0.167. The third kappa shape index (κ3) is 66.5. The molecule has 1 atom stereocenters. The van der Waals surface area contributed by atoms with Crippen molar-refractivity contribution in [1.29, 1.82) is 0 Å². The summed E-state index contributed by atoms with van der Waals surface area (Å²) in [7, 11) is 0. The van der Waals surface area contributed by atoms with Crippen molar-refractivity contribution in [3.8, 4) is 0 Å². The fourth-order valence-electron chi connectivity index (χ4n) is 9.44. The highest BCUT2D eigenvalue weighted by molar-refractivity contribution is 5.71. The molecule has 0 aromatic carbocycles. The number of carbonyl (C=O) groups excluding carboxylic acids is 3. The van der Waals surface area contributed by atoms with E-state index in [0.717, 1.165) is 141 Å². The quantitative estimate of drug-likeness (QED) is 0.0261. The minimum atomic E-state index is -0.788. The van der Waals surface area contributed by atoms with E-state index in [1.54, 1.807) is 0 Å². The fraction of sp³-hybridized carbons (Fsp3) is 0.693. The van der Waals surface area contributed by atoms with Gasteiger partial charge >= 0.3 is 17.9 Å². The van der Waals surface area contributed by atoms with E-state index in [1.165, 1.54) is 135 Å². The summed E-state index contributed by atoms with van der Waals surface area (Å²) in [6.45, 7) is 6.42. The number of ether oxygens (including phenoxy) is 3. The van der Waals surface area contributed by atoms with Crippen LogP contribution in [0.4, 0.5) is 0 Å². The minimum Gasteiger partial charge on any atom is -0.462 e. The van der Waals surface area contributed by atoms with Gasteiger partial charge < -0.3 is 14.2 Å². The van der Waals surface area contributed by atoms with Crippen LogP contribution in [0, 0.1) is 0 Å². The van der Waals surface area contributed by atoms with Gasteiger partial charge in [0.2, 0.25) is 0 Å². The summed E-state index contributed by atoms with van der Waals surface area (Å²) in [6, 6.07) is 0. The first-order valence-electron chi connectivity index (χ1n) is 34.0. The first kappa shape index (κ1) is 76.8. The highest BCUT2D eigenvalue weighted by Gasteiger charge is 2.19. The number of hydrogen-bond acceptors (Lipinski definition) is 6. The number of unbranched alkanes of at least 4 members (excludes halogenated alkanes) is 30. The predicted molar refractivity (Wildman–Crippen MR) is 353 cm³/mol. The zero-order valence-electron chi connectivity index (χ0n) is 53.0. The van der Waals surface area contributed by atoms with Gasteiger partial charge in [-0.3, -0.25) is 14.4 Å². The molecule has 0 N–H and O–H groups in total. The lowest BCUT2D eigenvalue weighted by Gasteiger charge is -2.18. The van der Waals surface area contributed by atoms with Crippen LogP contribution in [-0.4, -0.2) is 37.2 Å². The van der Waals surface area contributed by atoms with E-state index in [-0.39, 0.29) is 31.1 Å². The van der Waals surface area contributed by atoms with Crippen molar-refractivity contribution in [2.24, 2.45) is 0 Å². The SMILES string of the molecule is CC/C=C\C/C=C\C/C=C\C/C=C\C/C=C\C/C=C\C/C=C\CCCCCCCCCCCCCCCC(=O)OCC(COC(=O)CCCCCCCCCCCCCCC)OC(=O)CCCCCCC/C=C\C/C=C\C/C=C\CC. The number of rotatable bonds is 61. The standard InChI is InChI=1S/C75H126O6/c1-4-7-10-13-16-19-22-25-27-28-29-30-31-32-33-34-35-36-37-38-39-40-41-42-43-44-45-46-48-50-53-56-59-62-65-68-74(77)80-71-72(70-79-73(76)67-64-61-58-55-52-49-24-21-18-15-12-9-6-3)81-75(78)69-66-63-60-57-54-51-47-26-23-20-17-14-11-8-5-2/h7-8,10-11,16-17,19-20,25-27,29-30,32-33,35-36,38-39,47,72H,4-6,9,12-15,18,21-24,28,31,34,37,40-46,48-71H2,1-3H3/b10-7-,11-8-,19-16-,20-17-,27-25-,30-29-,33-32-,36-35-,39-38-,47-26-. The lowest BCUT2D eigenvalue weighted by atomic mass is 10.0. The maximum Gasteiger partial charge on any atom is 0.306 e. The van der Waals surface area contributed by atoms with E-state index in [1.807, 2.05) is 0 Å². The molecule has 0 aliphatic rings. The molecule has 6 heteroatoms. The summed E-state index contributed by atoms with van der Waals surface area (Å²) in [4.78, 5) is 38.3. The maximum absolute atomic E-state index is 12.9. The van der Waals surface area contributed by atoms with Crippen LogP contribution in [0.2, 0.25) is 0 Å². The molecule has 0 aliphatic heterocycles. The zero-order valence-corrected chi connectivity index (χ0v) is 53.0. The second-order valence-corrected chi connectivity index (χ2v) is 22.3. The Morgan fingerprint density at radius 3 is 0.753 bits per heavy atom. The number of hydrogen-bond donors (Lipinski definition) is 0. The van der Waals surface area contributed by atoms with Crippen molar-refractivity contribution in [3.05, 3.63) is 122 Å². The van der Waals surface area contributed by atoms with Gasteiger partial charge in [0.25, 0.3) is 0 Å². The average molecular weight is 1120 g/mol. The molecular weight excluding hydrogens is 997 g/mol. The highest BCUT2D eigenvalue weighted by Crippen LogP contribution is 2.17. The molecule has 0 aliphatic carbocycles. The van der Waals surface area contributed by atoms with Gasteiger partial charge in [-0.25, -0.2) is 0 Å². The summed E-state index contributed by atoms with van der Waals surface area (Å²) in [5, 5.41) is 0. The van der Waals surface area contributed by atoms with Gasteiger partial charge in [0.05, 0.1) is 0 Å². The molecule has 1 unspecified atom stereocenters. The van der Waals surface area contributed by atoms with Crippen molar-refractivity contribution in [1.82, 2.24) is 0 Å². The van der Waals surface area contributed by atoms with Gasteiger partial charge in [-0.05, 0) is 109 Å². The number of allylic oxidation sites excluding steroid dienone is 20. The molecule has 0 bridgehead atoms. The van der Waals surface area contributed by atoms with Gasteiger partial charge in [-0.2, -0.15) is 0 Å². The predicted octanol–water partition coefficient (Wildman–Crippen LogP) is 23.6. The van der Waals surface area contributed by atoms with Crippen LogP contribution in [0.5, 0.6) is 0 Å². The van der Waals surface area contributed by atoms with E-state index in [9.17, 15) is 14.4 Å². The van der Waals surface area contributed by atoms with Gasteiger partial charge in [-0.15, -0.1) is 0 Å². The van der Waals surface area contributed by atoms with Gasteiger partial charge in [0, 0.05) is 19.3 Å². The Kier molecular flexibility index (Phi) is 64.8. The molecule has 0 aromatic heterocycles. The van der Waals surface area contributed by atoms with Crippen LogP contribution in [0.3, 0.4) is 0 Å². The Morgan fingerprint density at radius 1 is 0.259 bits per heavy atom. The van der Waals surface area contributed by atoms with Crippen LogP contribution in [0.15, 0.2) is 122 Å². The Bertz CT molecular complexity index is 1670. The minimum absolute atomic E-state index is 0.0827. The Hall–Kier alpha value is -4.19. The molecule has 81 heavy (non-hydrogen) atoms. The molecule has 0 heterocycles. The summed E-state index contributed by atoms with van der Waals surface area (Å²) in [5.41, 5.74) is 0. The molecule has 0 amide bonds. The molecule has 0 spiro atoms.